The van der Waals surface area contributed by atoms with Crippen LogP contribution in [0.3, 0.4) is 0 Å². The van der Waals surface area contributed by atoms with Crippen molar-refractivity contribution in [1.82, 2.24) is 14.7 Å². The number of carboxylic acids is 1. The molecule has 0 spiro atoms. The Morgan fingerprint density at radius 1 is 0.872 bits per heavy atom. The van der Waals surface area contributed by atoms with Crippen molar-refractivity contribution in [2.24, 2.45) is 5.92 Å². The SMILES string of the molecule is O=C(O)[C@@H]1[C@H]2CC[C@@H](CN1C(=O)N(c1ccccc1)c1ccccc1)N2C(=O)N1CCC(C2=CC=CCC2)C1. The minimum atomic E-state index is -1.11. The second kappa shape index (κ2) is 10.6. The zero-order valence-corrected chi connectivity index (χ0v) is 21.9. The minimum Gasteiger partial charge on any atom is -0.480 e. The molecule has 1 aliphatic carbocycles. The van der Waals surface area contributed by atoms with Gasteiger partial charge in [0.15, 0.2) is 6.04 Å². The van der Waals surface area contributed by atoms with E-state index in [1.807, 2.05) is 65.6 Å². The number of carbonyl (C=O) groups is 3. The molecule has 202 valence electrons. The first-order chi connectivity index (χ1) is 19.0. The number of amides is 4. The molecular formula is C31H34N4O4. The topological polar surface area (TPSA) is 84.4 Å². The molecule has 8 heteroatoms. The number of para-hydroxylation sites is 2. The van der Waals surface area contributed by atoms with Gasteiger partial charge in [-0.3, -0.25) is 4.90 Å². The summed E-state index contributed by atoms with van der Waals surface area (Å²) in [7, 11) is 0. The van der Waals surface area contributed by atoms with E-state index in [1.54, 1.807) is 9.80 Å². The molecular weight excluding hydrogens is 492 g/mol. The van der Waals surface area contributed by atoms with Gasteiger partial charge in [0, 0.05) is 19.6 Å². The Balaban J connectivity index is 1.25. The van der Waals surface area contributed by atoms with E-state index in [4.69, 9.17) is 0 Å². The smallest absolute Gasteiger partial charge is 0.329 e. The molecule has 0 saturated carbocycles. The number of carboxylic acid groups (broad SMARTS) is 1. The Hall–Kier alpha value is -4.07. The molecule has 39 heavy (non-hydrogen) atoms. The maximum Gasteiger partial charge on any atom is 0.329 e. The second-order valence-electron chi connectivity index (χ2n) is 10.9. The van der Waals surface area contributed by atoms with Crippen molar-refractivity contribution in [2.45, 2.75) is 50.2 Å². The van der Waals surface area contributed by atoms with Crippen LogP contribution in [0.25, 0.3) is 0 Å². The van der Waals surface area contributed by atoms with Crippen LogP contribution in [-0.2, 0) is 4.79 Å². The number of nitrogens with zero attached hydrogens (tertiary/aromatic N) is 4. The number of hydrogen-bond acceptors (Lipinski definition) is 3. The number of rotatable bonds is 4. The average Bonchev–Trinajstić information content (AvgIpc) is 3.58. The van der Waals surface area contributed by atoms with Crippen LogP contribution in [0.1, 0.15) is 32.1 Å². The van der Waals surface area contributed by atoms with Gasteiger partial charge in [0.2, 0.25) is 0 Å². The molecule has 4 aliphatic rings. The minimum absolute atomic E-state index is 0.0849. The fourth-order valence-corrected chi connectivity index (χ4v) is 6.76. The molecule has 3 heterocycles. The zero-order valence-electron chi connectivity index (χ0n) is 21.9. The molecule has 2 bridgehead atoms. The molecule has 3 aliphatic heterocycles. The molecule has 1 unspecified atom stereocenters. The van der Waals surface area contributed by atoms with Gasteiger partial charge in [-0.2, -0.15) is 0 Å². The number of piperazine rings is 1. The number of anilines is 2. The number of likely N-dealkylation sites (tertiary alicyclic amines) is 2. The van der Waals surface area contributed by atoms with Crippen LogP contribution < -0.4 is 4.90 Å². The highest BCUT2D eigenvalue weighted by atomic mass is 16.4. The van der Waals surface area contributed by atoms with Gasteiger partial charge in [-0.15, -0.1) is 0 Å². The molecule has 0 radical (unpaired) electrons. The number of hydrogen-bond donors (Lipinski definition) is 1. The van der Waals surface area contributed by atoms with Crippen LogP contribution >= 0.6 is 0 Å². The van der Waals surface area contributed by atoms with E-state index in [9.17, 15) is 19.5 Å². The number of fused-ring (bicyclic) bond motifs is 2. The second-order valence-corrected chi connectivity index (χ2v) is 10.9. The summed E-state index contributed by atoms with van der Waals surface area (Å²) in [4.78, 5) is 47.4. The van der Waals surface area contributed by atoms with Crippen molar-refractivity contribution in [3.8, 4) is 0 Å². The lowest BCUT2D eigenvalue weighted by molar-refractivity contribution is -0.145. The lowest BCUT2D eigenvalue weighted by Crippen LogP contribution is -2.67. The predicted octanol–water partition coefficient (Wildman–Crippen LogP) is 5.26. The Bertz CT molecular complexity index is 1250. The normalized spacial score (nSPS) is 25.9. The first kappa shape index (κ1) is 25.2. The van der Waals surface area contributed by atoms with Crippen LogP contribution in [-0.4, -0.2) is 75.6 Å². The maximum absolute atomic E-state index is 14.1. The lowest BCUT2D eigenvalue weighted by Gasteiger charge is -2.47. The van der Waals surface area contributed by atoms with Crippen LogP contribution in [0.2, 0.25) is 0 Å². The predicted molar refractivity (Wildman–Crippen MR) is 149 cm³/mol. The lowest BCUT2D eigenvalue weighted by atomic mass is 9.91. The first-order valence-electron chi connectivity index (χ1n) is 13.9. The zero-order chi connectivity index (χ0) is 26.9. The van der Waals surface area contributed by atoms with E-state index in [-0.39, 0.29) is 24.6 Å². The van der Waals surface area contributed by atoms with Gasteiger partial charge >= 0.3 is 18.0 Å². The highest BCUT2D eigenvalue weighted by molar-refractivity contribution is 6.01. The van der Waals surface area contributed by atoms with Crippen LogP contribution in [0.5, 0.6) is 0 Å². The van der Waals surface area contributed by atoms with Crippen molar-refractivity contribution >= 4 is 29.4 Å². The van der Waals surface area contributed by atoms with Crippen molar-refractivity contribution in [3.63, 3.8) is 0 Å². The number of allylic oxidation sites excluding steroid dienone is 3. The number of urea groups is 2. The van der Waals surface area contributed by atoms with Crippen molar-refractivity contribution < 1.29 is 19.5 Å². The Kier molecular flexibility index (Phi) is 6.85. The summed E-state index contributed by atoms with van der Waals surface area (Å²) in [6.07, 6.45) is 10.7. The highest BCUT2D eigenvalue weighted by Crippen LogP contribution is 2.39. The summed E-state index contributed by atoms with van der Waals surface area (Å²) >= 11 is 0. The highest BCUT2D eigenvalue weighted by Gasteiger charge is 2.54. The summed E-state index contributed by atoms with van der Waals surface area (Å²) in [5, 5.41) is 10.4. The third-order valence-electron chi connectivity index (χ3n) is 8.62. The van der Waals surface area contributed by atoms with Gasteiger partial charge in [0.05, 0.1) is 23.5 Å². The molecule has 8 nitrogen and oxygen atoms in total. The third kappa shape index (κ3) is 4.68. The quantitative estimate of drug-likeness (QED) is 0.589. The fraction of sp³-hybridized carbons (Fsp3) is 0.387. The molecule has 4 amide bonds. The summed E-state index contributed by atoms with van der Waals surface area (Å²) in [5.74, 6) is -0.717. The maximum atomic E-state index is 14.1. The molecule has 0 aromatic heterocycles. The summed E-state index contributed by atoms with van der Waals surface area (Å²) < 4.78 is 0. The number of aliphatic carboxylic acids is 1. The average molecular weight is 527 g/mol. The van der Waals surface area contributed by atoms with Gasteiger partial charge in [0.1, 0.15) is 0 Å². The van der Waals surface area contributed by atoms with E-state index in [0.29, 0.717) is 43.2 Å². The Morgan fingerprint density at radius 3 is 2.18 bits per heavy atom. The largest absolute Gasteiger partial charge is 0.480 e. The van der Waals surface area contributed by atoms with E-state index in [0.717, 1.165) is 19.3 Å². The van der Waals surface area contributed by atoms with Crippen LogP contribution in [0, 0.1) is 5.92 Å². The van der Waals surface area contributed by atoms with E-state index < -0.39 is 18.1 Å². The first-order valence-corrected chi connectivity index (χ1v) is 13.9. The molecule has 2 aromatic rings. The van der Waals surface area contributed by atoms with Crippen molar-refractivity contribution in [1.29, 1.82) is 0 Å². The van der Waals surface area contributed by atoms with Gasteiger partial charge in [-0.1, -0.05) is 60.2 Å². The van der Waals surface area contributed by atoms with Gasteiger partial charge < -0.3 is 19.8 Å². The van der Waals surface area contributed by atoms with Crippen LogP contribution in [0.15, 0.2) is 84.5 Å². The Labute approximate surface area is 228 Å². The third-order valence-corrected chi connectivity index (χ3v) is 8.62. The van der Waals surface area contributed by atoms with E-state index >= 15 is 0 Å². The summed E-state index contributed by atoms with van der Waals surface area (Å²) in [6, 6.07) is 16.2. The number of carbonyl (C=O) groups excluding carboxylic acids is 2. The summed E-state index contributed by atoms with van der Waals surface area (Å²) in [5.41, 5.74) is 2.73. The monoisotopic (exact) mass is 526 g/mol. The molecule has 3 fully saturated rings. The van der Waals surface area contributed by atoms with Crippen molar-refractivity contribution in [2.75, 3.05) is 24.5 Å². The molecule has 4 atom stereocenters. The van der Waals surface area contributed by atoms with E-state index in [1.165, 1.54) is 10.5 Å². The summed E-state index contributed by atoms with van der Waals surface area (Å²) in [6.45, 7) is 1.54. The van der Waals surface area contributed by atoms with E-state index in [2.05, 4.69) is 18.2 Å². The number of benzene rings is 2. The van der Waals surface area contributed by atoms with Crippen LogP contribution in [0.4, 0.5) is 21.0 Å². The Morgan fingerprint density at radius 2 is 1.56 bits per heavy atom. The standard InChI is InChI=1S/C31H34N4O4/c36-29(37)28-27-17-16-26(35(27)30(38)32-19-18-23(20-32)22-10-4-1-5-11-22)21-33(28)31(39)34(24-12-6-2-7-13-24)25-14-8-3-9-15-25/h1-4,6-10,12-15,23,26-28H,5,11,16-21H2,(H,36,37)/t23?,26-,27+,28-/m0/s1. The fourth-order valence-electron chi connectivity index (χ4n) is 6.76. The van der Waals surface area contributed by atoms with Gasteiger partial charge in [0.25, 0.3) is 0 Å². The molecule has 3 saturated heterocycles. The molecule has 1 N–H and O–H groups in total. The van der Waals surface area contributed by atoms with Crippen molar-refractivity contribution in [3.05, 3.63) is 84.5 Å². The van der Waals surface area contributed by atoms with Gasteiger partial charge in [-0.05, 0) is 62.3 Å². The molecule has 6 rings (SSSR count). The van der Waals surface area contributed by atoms with Gasteiger partial charge in [-0.25, -0.2) is 14.4 Å². The molecule has 2 aromatic carbocycles.